The van der Waals surface area contributed by atoms with E-state index in [1.807, 2.05) is 24.3 Å². The van der Waals surface area contributed by atoms with Crippen LogP contribution in [-0.2, 0) is 6.54 Å². The second kappa shape index (κ2) is 7.49. The van der Waals surface area contributed by atoms with Gasteiger partial charge in [0, 0.05) is 30.7 Å². The van der Waals surface area contributed by atoms with Crippen LogP contribution in [0.5, 0.6) is 0 Å². The highest BCUT2D eigenvalue weighted by molar-refractivity contribution is 6.30. The van der Waals surface area contributed by atoms with E-state index in [4.69, 9.17) is 11.6 Å². The molecule has 0 aliphatic rings. The molecule has 94 valence electrons. The summed E-state index contributed by atoms with van der Waals surface area (Å²) in [7, 11) is 2.13. The van der Waals surface area contributed by atoms with Crippen molar-refractivity contribution in [3.63, 3.8) is 0 Å². The molecule has 0 amide bonds. The fraction of sp³-hybridized carbons (Fsp3) is 0.429. The first-order valence-electron chi connectivity index (χ1n) is 5.89. The van der Waals surface area contributed by atoms with Crippen molar-refractivity contribution in [2.24, 2.45) is 0 Å². The second-order valence-corrected chi connectivity index (χ2v) is 4.78. The number of rotatable bonds is 7. The third kappa shape index (κ3) is 5.35. The smallest absolute Gasteiger partial charge is 0.0409 e. The van der Waals surface area contributed by atoms with E-state index < -0.39 is 0 Å². The van der Waals surface area contributed by atoms with Crippen LogP contribution in [0.1, 0.15) is 12.5 Å². The normalized spacial score (nSPS) is 12.7. The van der Waals surface area contributed by atoms with Crippen LogP contribution in [0, 0.1) is 0 Å². The summed E-state index contributed by atoms with van der Waals surface area (Å²) in [4.78, 5) is 2.31. The average Bonchev–Trinajstić information content (AvgIpc) is 2.29. The molecule has 1 rings (SSSR count). The van der Waals surface area contributed by atoms with E-state index in [0.717, 1.165) is 24.7 Å². The van der Waals surface area contributed by atoms with Crippen molar-refractivity contribution in [1.82, 2.24) is 10.2 Å². The van der Waals surface area contributed by atoms with Crippen LogP contribution in [0.4, 0.5) is 0 Å². The van der Waals surface area contributed by atoms with Crippen LogP contribution in [0.3, 0.4) is 0 Å². The molecule has 0 bridgehead atoms. The van der Waals surface area contributed by atoms with E-state index >= 15 is 0 Å². The topological polar surface area (TPSA) is 15.3 Å². The quantitative estimate of drug-likeness (QED) is 0.593. The van der Waals surface area contributed by atoms with Crippen LogP contribution < -0.4 is 5.32 Å². The van der Waals surface area contributed by atoms with Gasteiger partial charge < -0.3 is 5.32 Å². The third-order valence-electron chi connectivity index (χ3n) is 2.80. The van der Waals surface area contributed by atoms with Gasteiger partial charge in [-0.1, -0.05) is 29.8 Å². The molecule has 0 spiro atoms. The summed E-state index contributed by atoms with van der Waals surface area (Å²) in [6.45, 7) is 8.63. The van der Waals surface area contributed by atoms with Crippen molar-refractivity contribution in [3.8, 4) is 0 Å². The first-order chi connectivity index (χ1) is 8.13. The molecule has 0 aromatic heterocycles. The SMILES string of the molecule is C=CCNCC(C)N(C)Cc1cccc(Cl)c1. The van der Waals surface area contributed by atoms with Crippen molar-refractivity contribution >= 4 is 11.6 Å². The molecule has 1 N–H and O–H groups in total. The molecule has 1 atom stereocenters. The molecule has 0 saturated heterocycles. The zero-order chi connectivity index (χ0) is 12.7. The fourth-order valence-electron chi connectivity index (χ4n) is 1.63. The summed E-state index contributed by atoms with van der Waals surface area (Å²) in [6.07, 6.45) is 1.88. The molecule has 0 aliphatic heterocycles. The molecule has 0 saturated carbocycles. The van der Waals surface area contributed by atoms with Crippen molar-refractivity contribution in [2.45, 2.75) is 19.5 Å². The molecule has 17 heavy (non-hydrogen) atoms. The third-order valence-corrected chi connectivity index (χ3v) is 3.04. The zero-order valence-electron chi connectivity index (χ0n) is 10.6. The molecule has 1 aromatic rings. The molecule has 1 unspecified atom stereocenters. The van der Waals surface area contributed by atoms with Crippen molar-refractivity contribution in [1.29, 1.82) is 0 Å². The Morgan fingerprint density at radius 1 is 1.53 bits per heavy atom. The first-order valence-corrected chi connectivity index (χ1v) is 6.27. The maximum Gasteiger partial charge on any atom is 0.0409 e. The lowest BCUT2D eigenvalue weighted by molar-refractivity contribution is 0.244. The van der Waals surface area contributed by atoms with Crippen molar-refractivity contribution in [2.75, 3.05) is 20.1 Å². The Morgan fingerprint density at radius 3 is 2.94 bits per heavy atom. The van der Waals surface area contributed by atoms with E-state index in [0.29, 0.717) is 6.04 Å². The number of nitrogens with one attached hydrogen (secondary N) is 1. The molecular formula is C14H21ClN2. The van der Waals surface area contributed by atoms with Gasteiger partial charge in [0.2, 0.25) is 0 Å². The number of hydrogen-bond donors (Lipinski definition) is 1. The van der Waals surface area contributed by atoms with Crippen LogP contribution in [0.15, 0.2) is 36.9 Å². The summed E-state index contributed by atoms with van der Waals surface area (Å²) in [6, 6.07) is 8.49. The monoisotopic (exact) mass is 252 g/mol. The molecule has 0 aliphatic carbocycles. The minimum absolute atomic E-state index is 0.480. The van der Waals surface area contributed by atoms with Gasteiger partial charge in [0.05, 0.1) is 0 Å². The minimum Gasteiger partial charge on any atom is -0.312 e. The Morgan fingerprint density at radius 2 is 2.29 bits per heavy atom. The Hall–Kier alpha value is -0.830. The van der Waals surface area contributed by atoms with Gasteiger partial charge in [-0.25, -0.2) is 0 Å². The fourth-order valence-corrected chi connectivity index (χ4v) is 1.84. The largest absolute Gasteiger partial charge is 0.312 e. The Bertz CT molecular complexity index is 352. The number of likely N-dealkylation sites (N-methyl/N-ethyl adjacent to an activating group) is 1. The Balaban J connectivity index is 2.42. The summed E-state index contributed by atoms with van der Waals surface area (Å²) in [5.41, 5.74) is 1.25. The van der Waals surface area contributed by atoms with Gasteiger partial charge >= 0.3 is 0 Å². The van der Waals surface area contributed by atoms with Crippen LogP contribution in [-0.4, -0.2) is 31.1 Å². The molecule has 0 heterocycles. The van der Waals surface area contributed by atoms with Crippen molar-refractivity contribution in [3.05, 3.63) is 47.5 Å². The first kappa shape index (κ1) is 14.2. The molecular weight excluding hydrogens is 232 g/mol. The maximum atomic E-state index is 5.97. The van der Waals surface area contributed by atoms with Gasteiger partial charge in [0.25, 0.3) is 0 Å². The molecule has 0 fully saturated rings. The standard InChI is InChI=1S/C14H21ClN2/c1-4-8-16-10-12(2)17(3)11-13-6-5-7-14(15)9-13/h4-7,9,12,16H,1,8,10-11H2,2-3H3. The maximum absolute atomic E-state index is 5.97. The number of hydrogen-bond acceptors (Lipinski definition) is 2. The van der Waals surface area contributed by atoms with Gasteiger partial charge in [-0.05, 0) is 31.7 Å². The Labute approximate surface area is 109 Å². The molecule has 0 radical (unpaired) electrons. The highest BCUT2D eigenvalue weighted by atomic mass is 35.5. The number of benzene rings is 1. The van der Waals surface area contributed by atoms with E-state index in [9.17, 15) is 0 Å². The summed E-state index contributed by atoms with van der Waals surface area (Å²) in [5.74, 6) is 0. The van der Waals surface area contributed by atoms with Gasteiger partial charge in [-0.15, -0.1) is 6.58 Å². The van der Waals surface area contributed by atoms with Crippen LogP contribution in [0.25, 0.3) is 0 Å². The highest BCUT2D eigenvalue weighted by Gasteiger charge is 2.08. The lowest BCUT2D eigenvalue weighted by Crippen LogP contribution is -2.37. The van der Waals surface area contributed by atoms with E-state index in [-0.39, 0.29) is 0 Å². The van der Waals surface area contributed by atoms with E-state index in [1.165, 1.54) is 5.56 Å². The lowest BCUT2D eigenvalue weighted by atomic mass is 10.2. The molecule has 2 nitrogen and oxygen atoms in total. The van der Waals surface area contributed by atoms with E-state index in [2.05, 4.69) is 36.8 Å². The van der Waals surface area contributed by atoms with E-state index in [1.54, 1.807) is 0 Å². The predicted molar refractivity (Wildman–Crippen MR) is 75.4 cm³/mol. The Kier molecular flexibility index (Phi) is 6.27. The van der Waals surface area contributed by atoms with Crippen molar-refractivity contribution < 1.29 is 0 Å². The van der Waals surface area contributed by atoms with Gasteiger partial charge in [-0.3, -0.25) is 4.90 Å². The van der Waals surface area contributed by atoms with Crippen LogP contribution >= 0.6 is 11.6 Å². The lowest BCUT2D eigenvalue weighted by Gasteiger charge is -2.25. The predicted octanol–water partition coefficient (Wildman–Crippen LogP) is 2.94. The van der Waals surface area contributed by atoms with Gasteiger partial charge in [0.15, 0.2) is 0 Å². The van der Waals surface area contributed by atoms with Crippen LogP contribution in [0.2, 0.25) is 5.02 Å². The number of halogens is 1. The zero-order valence-corrected chi connectivity index (χ0v) is 11.4. The summed E-state index contributed by atoms with van der Waals surface area (Å²) in [5, 5.41) is 4.13. The molecule has 3 heteroatoms. The molecule has 1 aromatic carbocycles. The number of nitrogens with zero attached hydrogens (tertiary/aromatic N) is 1. The summed E-state index contributed by atoms with van der Waals surface area (Å²) < 4.78 is 0. The highest BCUT2D eigenvalue weighted by Crippen LogP contribution is 2.12. The average molecular weight is 253 g/mol. The second-order valence-electron chi connectivity index (χ2n) is 4.34. The van der Waals surface area contributed by atoms with Gasteiger partial charge in [-0.2, -0.15) is 0 Å². The van der Waals surface area contributed by atoms with Gasteiger partial charge in [0.1, 0.15) is 0 Å². The summed E-state index contributed by atoms with van der Waals surface area (Å²) >= 11 is 5.97. The minimum atomic E-state index is 0.480.